The average molecular weight is 257 g/mol. The Morgan fingerprint density at radius 2 is 2.21 bits per heavy atom. The van der Waals surface area contributed by atoms with Gasteiger partial charge in [0.2, 0.25) is 0 Å². The van der Waals surface area contributed by atoms with Crippen LogP contribution in [-0.4, -0.2) is 22.9 Å². The van der Waals surface area contributed by atoms with Gasteiger partial charge in [-0.15, -0.1) is 0 Å². The molecule has 0 bridgehead atoms. The van der Waals surface area contributed by atoms with Crippen molar-refractivity contribution < 1.29 is 0 Å². The molecule has 0 atom stereocenters. The Bertz CT molecular complexity index is 631. The third-order valence-electron chi connectivity index (χ3n) is 2.94. The summed E-state index contributed by atoms with van der Waals surface area (Å²) in [5.41, 5.74) is 0.896. The van der Waals surface area contributed by atoms with Crippen LogP contribution in [0.4, 0.5) is 0 Å². The average Bonchev–Trinajstić information content (AvgIpc) is 2.43. The van der Waals surface area contributed by atoms with E-state index in [4.69, 9.17) is 0 Å². The summed E-state index contributed by atoms with van der Waals surface area (Å²) >= 11 is 0. The van der Waals surface area contributed by atoms with Gasteiger partial charge in [-0.05, 0) is 24.6 Å². The summed E-state index contributed by atoms with van der Waals surface area (Å²) in [6.07, 6.45) is 2.81. The van der Waals surface area contributed by atoms with E-state index in [1.807, 2.05) is 24.3 Å². The van der Waals surface area contributed by atoms with E-state index in [1.165, 1.54) is 4.68 Å². The monoisotopic (exact) mass is 257 g/mol. The van der Waals surface area contributed by atoms with E-state index in [2.05, 4.69) is 23.9 Å². The largest absolute Gasteiger partial charge is 0.313 e. The van der Waals surface area contributed by atoms with Crippen LogP contribution < -0.4 is 10.9 Å². The molecule has 0 spiro atoms. The van der Waals surface area contributed by atoms with Crippen molar-refractivity contribution in [2.75, 3.05) is 13.1 Å². The number of rotatable bonds is 6. The molecule has 0 saturated carbocycles. The van der Waals surface area contributed by atoms with Gasteiger partial charge in [0.25, 0.3) is 5.56 Å². The highest BCUT2D eigenvalue weighted by Crippen LogP contribution is 2.06. The fourth-order valence-corrected chi connectivity index (χ4v) is 1.95. The van der Waals surface area contributed by atoms with Crippen molar-refractivity contribution in [1.82, 2.24) is 15.1 Å². The fraction of sp³-hybridized carbons (Fsp3) is 0.333. The van der Waals surface area contributed by atoms with Crippen LogP contribution in [0.15, 0.2) is 47.4 Å². The van der Waals surface area contributed by atoms with Gasteiger partial charge in [-0.3, -0.25) is 4.79 Å². The van der Waals surface area contributed by atoms with Crippen molar-refractivity contribution in [3.8, 4) is 0 Å². The molecule has 0 saturated heterocycles. The van der Waals surface area contributed by atoms with Gasteiger partial charge >= 0.3 is 0 Å². The van der Waals surface area contributed by atoms with Crippen molar-refractivity contribution in [2.45, 2.75) is 19.9 Å². The molecule has 0 radical (unpaired) electrons. The van der Waals surface area contributed by atoms with Crippen molar-refractivity contribution in [2.24, 2.45) is 0 Å². The molecule has 19 heavy (non-hydrogen) atoms. The summed E-state index contributed by atoms with van der Waals surface area (Å²) in [4.78, 5) is 12.2. The Morgan fingerprint density at radius 3 is 3.00 bits per heavy atom. The lowest BCUT2D eigenvalue weighted by Gasteiger charge is -2.09. The minimum Gasteiger partial charge on any atom is -0.313 e. The highest BCUT2D eigenvalue weighted by Gasteiger charge is 2.04. The van der Waals surface area contributed by atoms with Crippen molar-refractivity contribution in [1.29, 1.82) is 0 Å². The van der Waals surface area contributed by atoms with Crippen LogP contribution >= 0.6 is 0 Å². The zero-order valence-electron chi connectivity index (χ0n) is 11.2. The summed E-state index contributed by atoms with van der Waals surface area (Å²) in [5, 5.41) is 9.03. The van der Waals surface area contributed by atoms with Crippen molar-refractivity contribution in [3.05, 3.63) is 53.0 Å². The molecule has 0 fully saturated rings. The lowest BCUT2D eigenvalue weighted by Crippen LogP contribution is -2.26. The van der Waals surface area contributed by atoms with Gasteiger partial charge in [-0.1, -0.05) is 31.7 Å². The summed E-state index contributed by atoms with van der Waals surface area (Å²) in [6, 6.07) is 7.49. The SMILES string of the molecule is C=C(CNCCC)Cn1ncc2ccccc2c1=O. The minimum absolute atomic E-state index is 0.0604. The molecule has 0 aliphatic heterocycles. The molecular formula is C15H19N3O. The molecule has 0 aliphatic carbocycles. The zero-order chi connectivity index (χ0) is 13.7. The number of nitrogens with one attached hydrogen (secondary N) is 1. The molecule has 2 rings (SSSR count). The number of aromatic nitrogens is 2. The Hall–Kier alpha value is -1.94. The lowest BCUT2D eigenvalue weighted by atomic mass is 10.2. The Kier molecular flexibility index (Phi) is 4.47. The van der Waals surface area contributed by atoms with Gasteiger partial charge in [0, 0.05) is 11.9 Å². The predicted octanol–water partition coefficient (Wildman–Crippen LogP) is 1.95. The summed E-state index contributed by atoms with van der Waals surface area (Å²) in [6.45, 7) is 8.23. The van der Waals surface area contributed by atoms with Gasteiger partial charge in [0.1, 0.15) is 0 Å². The van der Waals surface area contributed by atoms with Crippen LogP contribution in [0.1, 0.15) is 13.3 Å². The maximum Gasteiger partial charge on any atom is 0.274 e. The summed E-state index contributed by atoms with van der Waals surface area (Å²) < 4.78 is 1.47. The fourth-order valence-electron chi connectivity index (χ4n) is 1.95. The topological polar surface area (TPSA) is 46.9 Å². The summed E-state index contributed by atoms with van der Waals surface area (Å²) in [7, 11) is 0. The van der Waals surface area contributed by atoms with E-state index < -0.39 is 0 Å². The van der Waals surface area contributed by atoms with Crippen LogP contribution in [0, 0.1) is 0 Å². The first-order chi connectivity index (χ1) is 9.22. The third kappa shape index (κ3) is 3.29. The molecule has 1 heterocycles. The van der Waals surface area contributed by atoms with E-state index in [9.17, 15) is 4.79 Å². The lowest BCUT2D eigenvalue weighted by molar-refractivity contribution is 0.609. The first-order valence-electron chi connectivity index (χ1n) is 6.54. The standard InChI is InChI=1S/C15H19N3O/c1-3-8-16-9-12(2)11-18-15(19)14-7-5-4-6-13(14)10-17-18/h4-7,10,16H,2-3,8-9,11H2,1H3. The number of nitrogens with zero attached hydrogens (tertiary/aromatic N) is 2. The van der Waals surface area contributed by atoms with E-state index in [0.29, 0.717) is 11.9 Å². The molecule has 4 nitrogen and oxygen atoms in total. The van der Waals surface area contributed by atoms with Gasteiger partial charge in [0.05, 0.1) is 18.1 Å². The molecule has 100 valence electrons. The van der Waals surface area contributed by atoms with Crippen LogP contribution in [0.3, 0.4) is 0 Å². The molecule has 1 aromatic carbocycles. The third-order valence-corrected chi connectivity index (χ3v) is 2.94. The van der Waals surface area contributed by atoms with E-state index >= 15 is 0 Å². The molecule has 1 N–H and O–H groups in total. The number of hydrogen-bond donors (Lipinski definition) is 1. The first-order valence-corrected chi connectivity index (χ1v) is 6.54. The molecule has 4 heteroatoms. The molecule has 1 aromatic heterocycles. The van der Waals surface area contributed by atoms with Gasteiger partial charge in [-0.25, -0.2) is 4.68 Å². The highest BCUT2D eigenvalue weighted by molar-refractivity contribution is 5.80. The maximum absolute atomic E-state index is 12.2. The predicted molar refractivity (Wildman–Crippen MR) is 78.3 cm³/mol. The van der Waals surface area contributed by atoms with Gasteiger partial charge < -0.3 is 5.32 Å². The van der Waals surface area contributed by atoms with Gasteiger partial charge in [0.15, 0.2) is 0 Å². The van der Waals surface area contributed by atoms with Crippen LogP contribution in [-0.2, 0) is 6.54 Å². The van der Waals surface area contributed by atoms with Crippen LogP contribution in [0.25, 0.3) is 10.8 Å². The van der Waals surface area contributed by atoms with Crippen LogP contribution in [0.2, 0.25) is 0 Å². The normalized spacial score (nSPS) is 10.8. The van der Waals surface area contributed by atoms with E-state index in [-0.39, 0.29) is 5.56 Å². The Morgan fingerprint density at radius 1 is 1.42 bits per heavy atom. The number of hydrogen-bond acceptors (Lipinski definition) is 3. The van der Waals surface area contributed by atoms with Crippen molar-refractivity contribution >= 4 is 10.8 Å². The number of benzene rings is 1. The highest BCUT2D eigenvalue weighted by atomic mass is 16.1. The second-order valence-corrected chi connectivity index (χ2v) is 4.62. The van der Waals surface area contributed by atoms with Crippen LogP contribution in [0.5, 0.6) is 0 Å². The molecular weight excluding hydrogens is 238 g/mol. The minimum atomic E-state index is -0.0604. The Balaban J connectivity index is 2.15. The van der Waals surface area contributed by atoms with E-state index in [0.717, 1.165) is 30.5 Å². The zero-order valence-corrected chi connectivity index (χ0v) is 11.2. The first kappa shape index (κ1) is 13.5. The molecule has 2 aromatic rings. The molecule has 0 amide bonds. The second kappa shape index (κ2) is 6.29. The Labute approximate surface area is 112 Å². The summed E-state index contributed by atoms with van der Waals surface area (Å²) in [5.74, 6) is 0. The number of fused-ring (bicyclic) bond motifs is 1. The second-order valence-electron chi connectivity index (χ2n) is 4.62. The molecule has 0 aliphatic rings. The van der Waals surface area contributed by atoms with Crippen molar-refractivity contribution in [3.63, 3.8) is 0 Å². The smallest absolute Gasteiger partial charge is 0.274 e. The van der Waals surface area contributed by atoms with Gasteiger partial charge in [-0.2, -0.15) is 5.10 Å². The quantitative estimate of drug-likeness (QED) is 0.635. The molecule has 0 unspecified atom stereocenters. The van der Waals surface area contributed by atoms with E-state index in [1.54, 1.807) is 6.20 Å². The maximum atomic E-state index is 12.2.